The van der Waals surface area contributed by atoms with Gasteiger partial charge in [-0.3, -0.25) is 9.36 Å². The molecule has 1 aromatic rings. The number of aliphatic carboxylic acids is 1. The minimum atomic E-state index is -0.869. The van der Waals surface area contributed by atoms with Crippen molar-refractivity contribution in [1.29, 1.82) is 0 Å². The number of aromatic amines is 1. The first kappa shape index (κ1) is 14.8. The molecule has 1 unspecified atom stereocenters. The van der Waals surface area contributed by atoms with Crippen molar-refractivity contribution in [2.45, 2.75) is 37.5 Å². The van der Waals surface area contributed by atoms with Gasteiger partial charge >= 0.3 is 11.7 Å². The van der Waals surface area contributed by atoms with E-state index < -0.39 is 12.0 Å². The Morgan fingerprint density at radius 1 is 1.67 bits per heavy atom. The molecule has 18 heavy (non-hydrogen) atoms. The number of nitrogens with zero attached hydrogens (tertiary/aromatic N) is 2. The standard InChI is InChI=1S/C10H18N4O3S/c1-3-5-14-9(17)12-13-10(14)18-6-4-7(11-2)8(15)16/h7,11H,3-6H2,1-2H3,(H,12,17)(H,15,16). The molecule has 0 spiro atoms. The fourth-order valence-electron chi connectivity index (χ4n) is 1.49. The van der Waals surface area contributed by atoms with Crippen LogP contribution in [0.4, 0.5) is 0 Å². The van der Waals surface area contributed by atoms with Crippen LogP contribution < -0.4 is 11.0 Å². The number of nitrogens with one attached hydrogen (secondary N) is 2. The Bertz CT molecular complexity index is 443. The van der Waals surface area contributed by atoms with Gasteiger partial charge in [-0.05, 0) is 19.9 Å². The highest BCUT2D eigenvalue weighted by Gasteiger charge is 2.15. The fraction of sp³-hybridized carbons (Fsp3) is 0.700. The summed E-state index contributed by atoms with van der Waals surface area (Å²) in [7, 11) is 1.62. The maximum Gasteiger partial charge on any atom is 0.343 e. The van der Waals surface area contributed by atoms with E-state index in [0.29, 0.717) is 23.9 Å². The van der Waals surface area contributed by atoms with Gasteiger partial charge in [-0.2, -0.15) is 0 Å². The van der Waals surface area contributed by atoms with Gasteiger partial charge in [0.2, 0.25) is 0 Å². The molecule has 0 saturated heterocycles. The van der Waals surface area contributed by atoms with Gasteiger partial charge in [-0.25, -0.2) is 9.89 Å². The van der Waals surface area contributed by atoms with E-state index in [1.165, 1.54) is 11.8 Å². The van der Waals surface area contributed by atoms with E-state index in [0.717, 1.165) is 6.42 Å². The Labute approximate surface area is 109 Å². The summed E-state index contributed by atoms with van der Waals surface area (Å²) in [6.07, 6.45) is 1.32. The van der Waals surface area contributed by atoms with Gasteiger partial charge in [0.15, 0.2) is 5.16 Å². The lowest BCUT2D eigenvalue weighted by atomic mass is 10.2. The lowest BCUT2D eigenvalue weighted by Crippen LogP contribution is -2.34. The third kappa shape index (κ3) is 3.88. The quantitative estimate of drug-likeness (QED) is 0.583. The van der Waals surface area contributed by atoms with Crippen LogP contribution in [-0.4, -0.2) is 44.7 Å². The molecule has 0 saturated carbocycles. The van der Waals surface area contributed by atoms with E-state index in [2.05, 4.69) is 15.5 Å². The molecule has 0 aliphatic rings. The summed E-state index contributed by atoms with van der Waals surface area (Å²) in [4.78, 5) is 22.2. The minimum Gasteiger partial charge on any atom is -0.480 e. The third-order valence-electron chi connectivity index (χ3n) is 2.45. The first-order chi connectivity index (χ1) is 8.60. The van der Waals surface area contributed by atoms with Crippen molar-refractivity contribution in [3.05, 3.63) is 10.5 Å². The molecule has 0 bridgehead atoms. The maximum absolute atomic E-state index is 11.4. The van der Waals surface area contributed by atoms with Crippen molar-refractivity contribution < 1.29 is 9.90 Å². The van der Waals surface area contributed by atoms with Gasteiger partial charge in [0, 0.05) is 12.3 Å². The van der Waals surface area contributed by atoms with Crippen molar-refractivity contribution in [2.75, 3.05) is 12.8 Å². The molecule has 0 amide bonds. The molecule has 0 aromatic carbocycles. The van der Waals surface area contributed by atoms with Crippen molar-refractivity contribution in [3.63, 3.8) is 0 Å². The second kappa shape index (κ2) is 7.22. The molecule has 102 valence electrons. The number of aromatic nitrogens is 3. The molecule has 7 nitrogen and oxygen atoms in total. The predicted octanol–water partition coefficient (Wildman–Crippen LogP) is 0.136. The largest absolute Gasteiger partial charge is 0.480 e. The summed E-state index contributed by atoms with van der Waals surface area (Å²) in [5.74, 6) is -0.280. The topological polar surface area (TPSA) is 100 Å². The fourth-order valence-corrected chi connectivity index (χ4v) is 2.47. The third-order valence-corrected chi connectivity index (χ3v) is 3.46. The molecule has 0 radical (unpaired) electrons. The number of H-pyrrole nitrogens is 1. The Hall–Kier alpha value is -1.28. The van der Waals surface area contributed by atoms with Crippen LogP contribution in [0.1, 0.15) is 19.8 Å². The number of hydrogen-bond acceptors (Lipinski definition) is 5. The summed E-state index contributed by atoms with van der Waals surface area (Å²) in [6, 6.07) is -0.567. The van der Waals surface area contributed by atoms with Crippen LogP contribution in [0.15, 0.2) is 9.95 Å². The average molecular weight is 274 g/mol. The molecule has 1 aromatic heterocycles. The van der Waals surface area contributed by atoms with Crippen molar-refractivity contribution >= 4 is 17.7 Å². The second-order valence-electron chi connectivity index (χ2n) is 3.78. The van der Waals surface area contributed by atoms with Crippen LogP contribution in [0.2, 0.25) is 0 Å². The monoisotopic (exact) mass is 274 g/mol. The molecule has 0 aliphatic heterocycles. The summed E-state index contributed by atoms with van der Waals surface area (Å²) in [5, 5.41) is 18.5. The van der Waals surface area contributed by atoms with Crippen LogP contribution in [0, 0.1) is 0 Å². The highest BCUT2D eigenvalue weighted by Crippen LogP contribution is 2.15. The van der Waals surface area contributed by atoms with Crippen molar-refractivity contribution in [1.82, 2.24) is 20.1 Å². The summed E-state index contributed by atoms with van der Waals surface area (Å²) >= 11 is 1.39. The molecular weight excluding hydrogens is 256 g/mol. The lowest BCUT2D eigenvalue weighted by Gasteiger charge is -2.10. The molecule has 0 fully saturated rings. The normalized spacial score (nSPS) is 12.6. The first-order valence-electron chi connectivity index (χ1n) is 5.78. The van der Waals surface area contributed by atoms with E-state index in [1.54, 1.807) is 11.6 Å². The smallest absolute Gasteiger partial charge is 0.343 e. The van der Waals surface area contributed by atoms with Crippen molar-refractivity contribution in [3.8, 4) is 0 Å². The van der Waals surface area contributed by atoms with Crippen LogP contribution in [0.3, 0.4) is 0 Å². The van der Waals surface area contributed by atoms with E-state index in [1.807, 2.05) is 6.92 Å². The number of carboxylic acid groups (broad SMARTS) is 1. The summed E-state index contributed by atoms with van der Waals surface area (Å²) in [5.41, 5.74) is -0.220. The van der Waals surface area contributed by atoms with Crippen LogP contribution in [0.5, 0.6) is 0 Å². The van der Waals surface area contributed by atoms with Crippen LogP contribution in [0.25, 0.3) is 0 Å². The predicted molar refractivity (Wildman–Crippen MR) is 69.0 cm³/mol. The lowest BCUT2D eigenvalue weighted by molar-refractivity contribution is -0.139. The molecule has 0 aliphatic carbocycles. The minimum absolute atomic E-state index is 0.220. The Balaban J connectivity index is 2.53. The average Bonchev–Trinajstić information content (AvgIpc) is 2.67. The second-order valence-corrected chi connectivity index (χ2v) is 4.84. The zero-order valence-electron chi connectivity index (χ0n) is 10.5. The Kier molecular flexibility index (Phi) is 5.93. The highest BCUT2D eigenvalue weighted by atomic mass is 32.2. The van der Waals surface area contributed by atoms with Gasteiger partial charge in [0.1, 0.15) is 6.04 Å². The first-order valence-corrected chi connectivity index (χ1v) is 6.76. The van der Waals surface area contributed by atoms with E-state index in [9.17, 15) is 9.59 Å². The summed E-state index contributed by atoms with van der Waals surface area (Å²) < 4.78 is 1.57. The van der Waals surface area contributed by atoms with Crippen LogP contribution in [-0.2, 0) is 11.3 Å². The number of rotatable bonds is 8. The zero-order valence-corrected chi connectivity index (χ0v) is 11.3. The van der Waals surface area contributed by atoms with Gasteiger partial charge in [-0.15, -0.1) is 5.10 Å². The molecule has 3 N–H and O–H groups in total. The summed E-state index contributed by atoms with van der Waals surface area (Å²) in [6.45, 7) is 2.60. The highest BCUT2D eigenvalue weighted by molar-refractivity contribution is 7.99. The number of thioether (sulfide) groups is 1. The van der Waals surface area contributed by atoms with Gasteiger partial charge < -0.3 is 10.4 Å². The molecule has 1 heterocycles. The van der Waals surface area contributed by atoms with E-state index in [4.69, 9.17) is 5.11 Å². The zero-order chi connectivity index (χ0) is 13.5. The Morgan fingerprint density at radius 2 is 2.39 bits per heavy atom. The number of likely N-dealkylation sites (N-methyl/N-ethyl adjacent to an activating group) is 1. The van der Waals surface area contributed by atoms with Gasteiger partial charge in [0.25, 0.3) is 0 Å². The Morgan fingerprint density at radius 3 is 2.94 bits per heavy atom. The molecule has 1 atom stereocenters. The molecular formula is C10H18N4O3S. The number of carboxylic acids is 1. The number of hydrogen-bond donors (Lipinski definition) is 3. The maximum atomic E-state index is 11.4. The molecule has 8 heteroatoms. The van der Waals surface area contributed by atoms with Crippen LogP contribution >= 0.6 is 11.8 Å². The SMILES string of the molecule is CCCn1c(SCCC(NC)C(=O)O)n[nH]c1=O. The van der Waals surface area contributed by atoms with Gasteiger partial charge in [-0.1, -0.05) is 18.7 Å². The number of carbonyl (C=O) groups is 1. The van der Waals surface area contributed by atoms with E-state index >= 15 is 0 Å². The molecule has 1 rings (SSSR count). The van der Waals surface area contributed by atoms with Gasteiger partial charge in [0.05, 0.1) is 0 Å². The van der Waals surface area contributed by atoms with E-state index in [-0.39, 0.29) is 5.69 Å². The van der Waals surface area contributed by atoms with Crippen molar-refractivity contribution in [2.24, 2.45) is 0 Å².